The van der Waals surface area contributed by atoms with Gasteiger partial charge in [-0.15, -0.1) is 0 Å². The van der Waals surface area contributed by atoms with Crippen LogP contribution in [0.5, 0.6) is 5.75 Å². The molecule has 0 aromatic heterocycles. The topological polar surface area (TPSA) is 50.4 Å². The molecule has 2 rings (SSSR count). The van der Waals surface area contributed by atoms with E-state index in [-0.39, 0.29) is 12.5 Å². The predicted molar refractivity (Wildman–Crippen MR) is 99.9 cm³/mol. The monoisotopic (exact) mass is 326 g/mol. The molecular formula is C20H26N2O2. The Hall–Kier alpha value is -2.49. The molecule has 0 aliphatic carbocycles. The fourth-order valence-corrected chi connectivity index (χ4v) is 2.28. The zero-order chi connectivity index (χ0) is 17.4. The Kier molecular flexibility index (Phi) is 6.67. The molecule has 0 aliphatic rings. The molecule has 4 heteroatoms. The number of anilines is 2. The highest BCUT2D eigenvalue weighted by atomic mass is 16.5. The molecule has 2 N–H and O–H groups in total. The van der Waals surface area contributed by atoms with E-state index in [1.807, 2.05) is 50.2 Å². The van der Waals surface area contributed by atoms with Crippen molar-refractivity contribution in [2.75, 3.05) is 23.8 Å². The third kappa shape index (κ3) is 5.61. The van der Waals surface area contributed by atoms with Gasteiger partial charge in [0, 0.05) is 11.4 Å². The Morgan fingerprint density at radius 2 is 1.83 bits per heavy atom. The van der Waals surface area contributed by atoms with Crippen LogP contribution in [0.15, 0.2) is 42.5 Å². The highest BCUT2D eigenvalue weighted by Crippen LogP contribution is 2.17. The molecule has 4 nitrogen and oxygen atoms in total. The fraction of sp³-hybridized carbons (Fsp3) is 0.350. The average molecular weight is 326 g/mol. The van der Waals surface area contributed by atoms with E-state index in [0.29, 0.717) is 0 Å². The van der Waals surface area contributed by atoms with Crippen LogP contribution in [0.3, 0.4) is 0 Å². The van der Waals surface area contributed by atoms with Gasteiger partial charge in [-0.3, -0.25) is 4.79 Å². The lowest BCUT2D eigenvalue weighted by molar-refractivity contribution is -0.114. The first-order valence-corrected chi connectivity index (χ1v) is 8.42. The molecule has 0 fully saturated rings. The normalized spacial score (nSPS) is 10.3. The number of rotatable bonds is 8. The maximum atomic E-state index is 12.1. The summed E-state index contributed by atoms with van der Waals surface area (Å²) in [6.45, 7) is 7.15. The number of nitrogens with one attached hydrogen (secondary N) is 2. The summed E-state index contributed by atoms with van der Waals surface area (Å²) in [6, 6.07) is 13.6. The van der Waals surface area contributed by atoms with Crippen molar-refractivity contribution in [1.82, 2.24) is 0 Å². The molecule has 2 aromatic rings. The fourth-order valence-electron chi connectivity index (χ4n) is 2.28. The minimum absolute atomic E-state index is 0.0736. The molecule has 24 heavy (non-hydrogen) atoms. The first kappa shape index (κ1) is 17.9. The number of amides is 1. The van der Waals surface area contributed by atoms with E-state index in [1.54, 1.807) is 0 Å². The van der Waals surface area contributed by atoms with Crippen LogP contribution in [0.4, 0.5) is 11.4 Å². The van der Waals surface area contributed by atoms with Crippen LogP contribution in [0.25, 0.3) is 0 Å². The number of carbonyl (C=O) groups is 1. The van der Waals surface area contributed by atoms with Crippen LogP contribution >= 0.6 is 0 Å². The van der Waals surface area contributed by atoms with Crippen molar-refractivity contribution in [2.45, 2.75) is 33.6 Å². The van der Waals surface area contributed by atoms with E-state index in [2.05, 4.69) is 23.6 Å². The van der Waals surface area contributed by atoms with E-state index in [1.165, 1.54) is 5.56 Å². The smallest absolute Gasteiger partial charge is 0.243 e. The van der Waals surface area contributed by atoms with Gasteiger partial charge in [0.25, 0.3) is 0 Å². The van der Waals surface area contributed by atoms with Crippen LogP contribution in [0.2, 0.25) is 0 Å². The zero-order valence-corrected chi connectivity index (χ0v) is 14.7. The van der Waals surface area contributed by atoms with Crippen LogP contribution in [-0.4, -0.2) is 19.1 Å². The van der Waals surface area contributed by atoms with Gasteiger partial charge in [-0.1, -0.05) is 25.5 Å². The summed E-state index contributed by atoms with van der Waals surface area (Å²) >= 11 is 0. The van der Waals surface area contributed by atoms with E-state index in [9.17, 15) is 4.79 Å². The summed E-state index contributed by atoms with van der Waals surface area (Å²) < 4.78 is 5.61. The number of ether oxygens (including phenoxy) is 1. The van der Waals surface area contributed by atoms with Gasteiger partial charge >= 0.3 is 0 Å². The molecular weight excluding hydrogens is 300 g/mol. The standard InChI is InChI=1S/C20H26N2O2/c1-4-5-12-24-18-10-8-17(9-11-18)22-20(23)14-21-19-13-15(2)6-7-16(19)3/h6-11,13,21H,4-5,12,14H2,1-3H3,(H,22,23). The van der Waals surface area contributed by atoms with E-state index >= 15 is 0 Å². The summed E-state index contributed by atoms with van der Waals surface area (Å²) in [5.41, 5.74) is 4.06. The molecule has 0 saturated carbocycles. The van der Waals surface area contributed by atoms with Gasteiger partial charge in [0.05, 0.1) is 13.2 Å². The summed E-state index contributed by atoms with van der Waals surface area (Å²) in [6.07, 6.45) is 2.16. The SMILES string of the molecule is CCCCOc1ccc(NC(=O)CNc2cc(C)ccc2C)cc1. The third-order valence-corrected chi connectivity index (χ3v) is 3.74. The maximum Gasteiger partial charge on any atom is 0.243 e. The number of carbonyl (C=O) groups excluding carboxylic acids is 1. The lowest BCUT2D eigenvalue weighted by Crippen LogP contribution is -2.22. The van der Waals surface area contributed by atoms with Crippen molar-refractivity contribution < 1.29 is 9.53 Å². The molecule has 0 atom stereocenters. The van der Waals surface area contributed by atoms with Gasteiger partial charge in [-0.2, -0.15) is 0 Å². The molecule has 0 bridgehead atoms. The van der Waals surface area contributed by atoms with E-state index < -0.39 is 0 Å². The van der Waals surface area contributed by atoms with Crippen LogP contribution in [0.1, 0.15) is 30.9 Å². The quantitative estimate of drug-likeness (QED) is 0.701. The van der Waals surface area contributed by atoms with Crippen molar-refractivity contribution in [1.29, 1.82) is 0 Å². The second kappa shape index (κ2) is 8.96. The van der Waals surface area contributed by atoms with Gasteiger partial charge < -0.3 is 15.4 Å². The minimum Gasteiger partial charge on any atom is -0.494 e. The maximum absolute atomic E-state index is 12.1. The first-order valence-electron chi connectivity index (χ1n) is 8.42. The summed E-state index contributed by atoms with van der Waals surface area (Å²) in [4.78, 5) is 12.1. The van der Waals surface area contributed by atoms with Crippen LogP contribution in [0, 0.1) is 13.8 Å². The number of hydrogen-bond donors (Lipinski definition) is 2. The molecule has 0 aliphatic heterocycles. The molecule has 128 valence electrons. The summed E-state index contributed by atoms with van der Waals surface area (Å²) in [5, 5.41) is 6.07. The average Bonchev–Trinajstić information content (AvgIpc) is 2.57. The van der Waals surface area contributed by atoms with Crippen LogP contribution in [-0.2, 0) is 4.79 Å². The Bertz CT molecular complexity index is 666. The Morgan fingerprint density at radius 3 is 2.54 bits per heavy atom. The van der Waals surface area contributed by atoms with Gasteiger partial charge in [-0.25, -0.2) is 0 Å². The molecule has 0 saturated heterocycles. The molecule has 0 radical (unpaired) electrons. The number of benzene rings is 2. The van der Waals surface area contributed by atoms with Crippen LogP contribution < -0.4 is 15.4 Å². The van der Waals surface area contributed by atoms with Crippen molar-refractivity contribution in [3.8, 4) is 5.75 Å². The summed E-state index contributed by atoms with van der Waals surface area (Å²) in [7, 11) is 0. The highest BCUT2D eigenvalue weighted by molar-refractivity contribution is 5.93. The van der Waals surface area contributed by atoms with Crippen molar-refractivity contribution in [3.63, 3.8) is 0 Å². The number of unbranched alkanes of at least 4 members (excludes halogenated alkanes) is 1. The summed E-state index contributed by atoms with van der Waals surface area (Å²) in [5.74, 6) is 0.755. The zero-order valence-electron chi connectivity index (χ0n) is 14.7. The lowest BCUT2D eigenvalue weighted by Gasteiger charge is -2.11. The predicted octanol–water partition coefficient (Wildman–Crippen LogP) is 4.53. The van der Waals surface area contributed by atoms with E-state index in [0.717, 1.165) is 42.1 Å². The molecule has 0 unspecified atom stereocenters. The number of hydrogen-bond acceptors (Lipinski definition) is 3. The van der Waals surface area contributed by atoms with E-state index in [4.69, 9.17) is 4.74 Å². The van der Waals surface area contributed by atoms with Gasteiger partial charge in [0.2, 0.25) is 5.91 Å². The lowest BCUT2D eigenvalue weighted by atomic mass is 10.1. The van der Waals surface area contributed by atoms with Gasteiger partial charge in [-0.05, 0) is 61.7 Å². The van der Waals surface area contributed by atoms with Crippen molar-refractivity contribution >= 4 is 17.3 Å². The Labute approximate surface area is 144 Å². The second-order valence-corrected chi connectivity index (χ2v) is 5.95. The van der Waals surface area contributed by atoms with Crippen molar-refractivity contribution in [2.24, 2.45) is 0 Å². The van der Waals surface area contributed by atoms with Crippen molar-refractivity contribution in [3.05, 3.63) is 53.6 Å². The largest absolute Gasteiger partial charge is 0.494 e. The third-order valence-electron chi connectivity index (χ3n) is 3.74. The van der Waals surface area contributed by atoms with Gasteiger partial charge in [0.1, 0.15) is 5.75 Å². The molecule has 0 spiro atoms. The second-order valence-electron chi connectivity index (χ2n) is 5.95. The first-order chi connectivity index (χ1) is 11.6. The molecule has 2 aromatic carbocycles. The minimum atomic E-state index is -0.0736. The Balaban J connectivity index is 1.82. The highest BCUT2D eigenvalue weighted by Gasteiger charge is 2.04. The Morgan fingerprint density at radius 1 is 1.08 bits per heavy atom. The number of aryl methyl sites for hydroxylation is 2. The van der Waals surface area contributed by atoms with Gasteiger partial charge in [0.15, 0.2) is 0 Å². The molecule has 0 heterocycles. The molecule has 1 amide bonds.